The summed E-state index contributed by atoms with van der Waals surface area (Å²) in [6.07, 6.45) is 3.42. The summed E-state index contributed by atoms with van der Waals surface area (Å²) in [5.41, 5.74) is 2.23. The number of nitrogens with zero attached hydrogens (tertiary/aromatic N) is 3. The fourth-order valence-electron chi connectivity index (χ4n) is 1.59. The molecule has 0 aliphatic rings. The van der Waals surface area contributed by atoms with E-state index in [1.807, 2.05) is 11.6 Å². The van der Waals surface area contributed by atoms with Gasteiger partial charge in [-0.2, -0.15) is 0 Å². The average Bonchev–Trinajstić information content (AvgIpc) is 2.97. The highest BCUT2D eigenvalue weighted by Crippen LogP contribution is 2.28. The molecule has 0 bridgehead atoms. The number of rotatable bonds is 3. The Morgan fingerprint density at radius 2 is 2.18 bits per heavy atom. The van der Waals surface area contributed by atoms with Gasteiger partial charge in [-0.05, 0) is 17.9 Å². The third-order valence-corrected chi connectivity index (χ3v) is 4.29. The van der Waals surface area contributed by atoms with Crippen LogP contribution in [0.3, 0.4) is 0 Å². The van der Waals surface area contributed by atoms with E-state index in [9.17, 15) is 0 Å². The number of aryl methyl sites for hydroxylation is 1. The number of thiazole rings is 1. The second-order valence-corrected chi connectivity index (χ2v) is 5.46. The zero-order valence-electron chi connectivity index (χ0n) is 9.17. The molecule has 0 aromatic carbocycles. The summed E-state index contributed by atoms with van der Waals surface area (Å²) in [4.78, 5) is 12.8. The van der Waals surface area contributed by atoms with Crippen molar-refractivity contribution in [3.8, 4) is 0 Å². The molecule has 3 aromatic heterocycles. The quantitative estimate of drug-likeness (QED) is 0.788. The maximum Gasteiger partial charge on any atom is 0.147 e. The second kappa shape index (κ2) is 4.38. The van der Waals surface area contributed by atoms with E-state index in [0.29, 0.717) is 6.54 Å². The van der Waals surface area contributed by atoms with Gasteiger partial charge >= 0.3 is 0 Å². The Hall–Kier alpha value is -1.53. The largest absolute Gasteiger partial charge is 0.362 e. The van der Waals surface area contributed by atoms with Crippen LogP contribution in [0, 0.1) is 6.92 Å². The third-order valence-electron chi connectivity index (χ3n) is 2.42. The van der Waals surface area contributed by atoms with Crippen LogP contribution in [-0.2, 0) is 6.54 Å². The summed E-state index contributed by atoms with van der Waals surface area (Å²) in [6, 6.07) is 0. The average molecular weight is 262 g/mol. The van der Waals surface area contributed by atoms with Crippen LogP contribution >= 0.6 is 22.7 Å². The number of fused-ring (bicyclic) bond motifs is 1. The first kappa shape index (κ1) is 10.6. The van der Waals surface area contributed by atoms with Crippen LogP contribution in [0.15, 0.2) is 23.3 Å². The van der Waals surface area contributed by atoms with Gasteiger partial charge in [0.2, 0.25) is 0 Å². The van der Waals surface area contributed by atoms with Gasteiger partial charge in [-0.3, -0.25) is 0 Å². The Kier molecular flexibility index (Phi) is 2.74. The van der Waals surface area contributed by atoms with E-state index in [2.05, 4.69) is 32.6 Å². The molecule has 6 heteroatoms. The predicted molar refractivity (Wildman–Crippen MR) is 71.6 cm³/mol. The number of thiophene rings is 1. The van der Waals surface area contributed by atoms with E-state index < -0.39 is 0 Å². The van der Waals surface area contributed by atoms with Gasteiger partial charge in [0, 0.05) is 11.6 Å². The van der Waals surface area contributed by atoms with Crippen LogP contribution in [0.4, 0.5) is 5.82 Å². The van der Waals surface area contributed by atoms with Crippen molar-refractivity contribution in [2.24, 2.45) is 0 Å². The highest BCUT2D eigenvalue weighted by molar-refractivity contribution is 7.18. The minimum atomic E-state index is 0.709. The van der Waals surface area contributed by atoms with Gasteiger partial charge in [0.1, 0.15) is 17.2 Å². The highest BCUT2D eigenvalue weighted by Gasteiger charge is 2.07. The molecule has 0 unspecified atom stereocenters. The first-order valence-corrected chi connectivity index (χ1v) is 6.91. The van der Waals surface area contributed by atoms with Crippen LogP contribution in [-0.4, -0.2) is 15.0 Å². The van der Waals surface area contributed by atoms with Crippen molar-refractivity contribution in [2.75, 3.05) is 5.32 Å². The molecular weight excluding hydrogens is 252 g/mol. The fourth-order valence-corrected chi connectivity index (χ4v) is 3.12. The first-order chi connectivity index (χ1) is 8.34. The third kappa shape index (κ3) is 2.01. The smallest absolute Gasteiger partial charge is 0.147 e. The van der Waals surface area contributed by atoms with Crippen LogP contribution in [0.1, 0.15) is 10.6 Å². The second-order valence-electron chi connectivity index (χ2n) is 3.60. The van der Waals surface area contributed by atoms with Crippen molar-refractivity contribution < 1.29 is 0 Å². The number of nitrogens with one attached hydrogen (secondary N) is 1. The molecule has 0 aliphatic heterocycles. The molecular formula is C11H10N4S2. The lowest BCUT2D eigenvalue weighted by molar-refractivity contribution is 1.08. The molecule has 0 spiro atoms. The van der Waals surface area contributed by atoms with Gasteiger partial charge in [-0.1, -0.05) is 0 Å². The number of anilines is 1. The molecule has 0 saturated carbocycles. The SMILES string of the molecule is Cc1csc2c(NCc3nccs3)ncnc12. The van der Waals surface area contributed by atoms with Gasteiger partial charge in [0.05, 0.1) is 16.8 Å². The molecule has 4 nitrogen and oxygen atoms in total. The van der Waals surface area contributed by atoms with Crippen molar-refractivity contribution >= 4 is 38.7 Å². The van der Waals surface area contributed by atoms with E-state index in [0.717, 1.165) is 21.0 Å². The molecule has 0 atom stereocenters. The lowest BCUT2D eigenvalue weighted by Gasteiger charge is -2.03. The fraction of sp³-hybridized carbons (Fsp3) is 0.182. The zero-order valence-corrected chi connectivity index (χ0v) is 10.8. The number of hydrogen-bond donors (Lipinski definition) is 1. The lowest BCUT2D eigenvalue weighted by Crippen LogP contribution is -2.01. The number of aromatic nitrogens is 3. The Balaban J connectivity index is 1.90. The Bertz CT molecular complexity index is 630. The minimum absolute atomic E-state index is 0.709. The zero-order chi connectivity index (χ0) is 11.7. The van der Waals surface area contributed by atoms with E-state index in [4.69, 9.17) is 0 Å². The van der Waals surface area contributed by atoms with Gasteiger partial charge in [-0.25, -0.2) is 15.0 Å². The normalized spacial score (nSPS) is 10.9. The van der Waals surface area contributed by atoms with E-state index in [1.54, 1.807) is 29.0 Å². The van der Waals surface area contributed by atoms with Crippen molar-refractivity contribution in [3.63, 3.8) is 0 Å². The van der Waals surface area contributed by atoms with E-state index in [-0.39, 0.29) is 0 Å². The molecule has 0 aliphatic carbocycles. The maximum atomic E-state index is 4.29. The molecule has 3 aromatic rings. The Morgan fingerprint density at radius 3 is 3.00 bits per heavy atom. The first-order valence-electron chi connectivity index (χ1n) is 5.15. The van der Waals surface area contributed by atoms with E-state index >= 15 is 0 Å². The minimum Gasteiger partial charge on any atom is -0.362 e. The Labute approximate surface area is 106 Å². The number of hydrogen-bond acceptors (Lipinski definition) is 6. The standard InChI is InChI=1S/C11H10N4S2/c1-7-5-17-10-9(7)14-6-15-11(10)13-4-8-12-2-3-16-8/h2-3,5-6H,4H2,1H3,(H,13,14,15). The van der Waals surface area contributed by atoms with Crippen molar-refractivity contribution in [1.29, 1.82) is 0 Å². The molecule has 0 saturated heterocycles. The highest BCUT2D eigenvalue weighted by atomic mass is 32.1. The monoisotopic (exact) mass is 262 g/mol. The Morgan fingerprint density at radius 1 is 1.24 bits per heavy atom. The van der Waals surface area contributed by atoms with Crippen molar-refractivity contribution in [1.82, 2.24) is 15.0 Å². The van der Waals surface area contributed by atoms with E-state index in [1.165, 1.54) is 5.56 Å². The van der Waals surface area contributed by atoms with Gasteiger partial charge in [0.25, 0.3) is 0 Å². The molecule has 3 rings (SSSR count). The summed E-state index contributed by atoms with van der Waals surface area (Å²) in [7, 11) is 0. The lowest BCUT2D eigenvalue weighted by atomic mass is 10.3. The van der Waals surface area contributed by atoms with Crippen LogP contribution < -0.4 is 5.32 Å². The molecule has 3 heterocycles. The van der Waals surface area contributed by atoms with Crippen LogP contribution in [0.25, 0.3) is 10.2 Å². The topological polar surface area (TPSA) is 50.7 Å². The molecule has 0 amide bonds. The molecule has 0 radical (unpaired) electrons. The van der Waals surface area contributed by atoms with Gasteiger partial charge in [-0.15, -0.1) is 22.7 Å². The molecule has 86 valence electrons. The summed E-state index contributed by atoms with van der Waals surface area (Å²) < 4.78 is 1.11. The summed E-state index contributed by atoms with van der Waals surface area (Å²) in [5, 5.41) is 8.45. The molecule has 1 N–H and O–H groups in total. The van der Waals surface area contributed by atoms with Crippen molar-refractivity contribution in [3.05, 3.63) is 33.9 Å². The molecule has 0 fully saturated rings. The summed E-state index contributed by atoms with van der Waals surface area (Å²) >= 11 is 3.31. The predicted octanol–water partition coefficient (Wildman–Crippen LogP) is 3.07. The maximum absolute atomic E-state index is 4.29. The van der Waals surface area contributed by atoms with Crippen molar-refractivity contribution in [2.45, 2.75) is 13.5 Å². The summed E-state index contributed by atoms with van der Waals surface area (Å²) in [6.45, 7) is 2.77. The van der Waals surface area contributed by atoms with Crippen LogP contribution in [0.2, 0.25) is 0 Å². The van der Waals surface area contributed by atoms with Crippen LogP contribution in [0.5, 0.6) is 0 Å². The van der Waals surface area contributed by atoms with Gasteiger partial charge < -0.3 is 5.32 Å². The molecule has 17 heavy (non-hydrogen) atoms. The summed E-state index contributed by atoms with van der Waals surface area (Å²) in [5.74, 6) is 0.892. The van der Waals surface area contributed by atoms with Gasteiger partial charge in [0.15, 0.2) is 0 Å².